The van der Waals surface area contributed by atoms with Crippen molar-refractivity contribution in [3.05, 3.63) is 71.0 Å². The molecule has 0 amide bonds. The third-order valence-electron chi connectivity index (χ3n) is 2.67. The van der Waals surface area contributed by atoms with E-state index in [1.54, 1.807) is 0 Å². The molecule has 0 bridgehead atoms. The van der Waals surface area contributed by atoms with Crippen LogP contribution in [0.4, 0.5) is 4.39 Å². The molecule has 1 atom stereocenters. The molecular weight excluding hydrogens is 261 g/mol. The standard InChI is InChI=1S/C15H12FNOS/c16-15-7-6-13(9-17)14(8-15)11-19(18)10-12-4-2-1-3-5-12/h1-8H,10-11H2. The van der Waals surface area contributed by atoms with Crippen LogP contribution in [0.2, 0.25) is 0 Å². The molecule has 2 aromatic rings. The van der Waals surface area contributed by atoms with Crippen molar-refractivity contribution in [1.82, 2.24) is 0 Å². The Morgan fingerprint density at radius 3 is 2.53 bits per heavy atom. The van der Waals surface area contributed by atoms with Crippen molar-refractivity contribution in [2.75, 3.05) is 0 Å². The molecule has 96 valence electrons. The molecule has 0 N–H and O–H groups in total. The van der Waals surface area contributed by atoms with Crippen molar-refractivity contribution in [2.24, 2.45) is 0 Å². The zero-order valence-electron chi connectivity index (χ0n) is 10.2. The van der Waals surface area contributed by atoms with E-state index in [1.807, 2.05) is 36.4 Å². The van der Waals surface area contributed by atoms with Crippen LogP contribution in [0, 0.1) is 17.1 Å². The molecule has 1 unspecified atom stereocenters. The molecule has 0 fully saturated rings. The van der Waals surface area contributed by atoms with E-state index < -0.39 is 16.6 Å². The Bertz CT molecular complexity index is 634. The maximum atomic E-state index is 13.2. The molecule has 0 saturated carbocycles. The maximum Gasteiger partial charge on any atom is 0.123 e. The molecule has 2 rings (SSSR count). The Morgan fingerprint density at radius 2 is 1.84 bits per heavy atom. The van der Waals surface area contributed by atoms with Crippen LogP contribution in [0.25, 0.3) is 0 Å². The molecule has 4 heteroatoms. The van der Waals surface area contributed by atoms with Crippen molar-refractivity contribution in [2.45, 2.75) is 11.5 Å². The fraction of sp³-hybridized carbons (Fsp3) is 0.133. The van der Waals surface area contributed by atoms with Gasteiger partial charge in [-0.15, -0.1) is 0 Å². The van der Waals surface area contributed by atoms with Gasteiger partial charge in [0, 0.05) is 16.6 Å². The van der Waals surface area contributed by atoms with E-state index in [4.69, 9.17) is 5.26 Å². The van der Waals surface area contributed by atoms with E-state index in [-0.39, 0.29) is 5.75 Å². The predicted octanol–water partition coefficient (Wildman–Crippen LogP) is 3.15. The highest BCUT2D eigenvalue weighted by Gasteiger charge is 2.08. The van der Waals surface area contributed by atoms with Crippen LogP contribution >= 0.6 is 0 Å². The molecule has 0 aromatic heterocycles. The summed E-state index contributed by atoms with van der Waals surface area (Å²) in [5.74, 6) is 0.184. The summed E-state index contributed by atoms with van der Waals surface area (Å²) in [5.41, 5.74) is 1.84. The molecule has 2 aromatic carbocycles. The van der Waals surface area contributed by atoms with Crippen LogP contribution in [0.1, 0.15) is 16.7 Å². The van der Waals surface area contributed by atoms with Crippen LogP contribution in [0.3, 0.4) is 0 Å². The second-order valence-corrected chi connectivity index (χ2v) is 5.58. The van der Waals surface area contributed by atoms with Gasteiger partial charge in [0.25, 0.3) is 0 Å². The summed E-state index contributed by atoms with van der Waals surface area (Å²) in [6.45, 7) is 0. The maximum absolute atomic E-state index is 13.2. The summed E-state index contributed by atoms with van der Waals surface area (Å²) in [7, 11) is -1.16. The molecule has 0 saturated heterocycles. The SMILES string of the molecule is N#Cc1ccc(F)cc1CS(=O)Cc1ccccc1. The zero-order chi connectivity index (χ0) is 13.7. The van der Waals surface area contributed by atoms with Crippen LogP contribution < -0.4 is 0 Å². The summed E-state index contributed by atoms with van der Waals surface area (Å²) < 4.78 is 25.2. The van der Waals surface area contributed by atoms with Gasteiger partial charge in [-0.3, -0.25) is 4.21 Å². The highest BCUT2D eigenvalue weighted by molar-refractivity contribution is 7.83. The lowest BCUT2D eigenvalue weighted by molar-refractivity contribution is 0.626. The number of rotatable bonds is 4. The van der Waals surface area contributed by atoms with Gasteiger partial charge >= 0.3 is 0 Å². The minimum atomic E-state index is -1.16. The Hall–Kier alpha value is -1.99. The Labute approximate surface area is 114 Å². The number of nitrogens with zero attached hydrogens (tertiary/aromatic N) is 1. The van der Waals surface area contributed by atoms with Gasteiger partial charge in [0.2, 0.25) is 0 Å². The second kappa shape index (κ2) is 6.26. The fourth-order valence-electron chi connectivity index (χ4n) is 1.78. The van der Waals surface area contributed by atoms with Gasteiger partial charge < -0.3 is 0 Å². The molecule has 0 aliphatic carbocycles. The average molecular weight is 273 g/mol. The summed E-state index contributed by atoms with van der Waals surface area (Å²) in [6, 6.07) is 15.4. The van der Waals surface area contributed by atoms with E-state index in [0.717, 1.165) is 5.56 Å². The highest BCUT2D eigenvalue weighted by Crippen LogP contribution is 2.14. The Balaban J connectivity index is 2.11. The van der Waals surface area contributed by atoms with Gasteiger partial charge in [0.15, 0.2) is 0 Å². The van der Waals surface area contributed by atoms with Crippen molar-refractivity contribution >= 4 is 10.8 Å². The highest BCUT2D eigenvalue weighted by atomic mass is 32.2. The second-order valence-electron chi connectivity index (χ2n) is 4.13. The summed E-state index contributed by atoms with van der Waals surface area (Å²) in [4.78, 5) is 0. The molecule has 0 radical (unpaired) electrons. The lowest BCUT2D eigenvalue weighted by atomic mass is 10.1. The minimum Gasteiger partial charge on any atom is -0.259 e. The average Bonchev–Trinajstić information content (AvgIpc) is 2.40. The lowest BCUT2D eigenvalue weighted by Gasteiger charge is -2.05. The monoisotopic (exact) mass is 273 g/mol. The molecule has 0 aliphatic heterocycles. The number of hydrogen-bond donors (Lipinski definition) is 0. The van der Waals surface area contributed by atoms with Crippen molar-refractivity contribution in [3.8, 4) is 6.07 Å². The number of hydrogen-bond acceptors (Lipinski definition) is 2. The van der Waals surface area contributed by atoms with E-state index in [0.29, 0.717) is 16.9 Å². The first-order chi connectivity index (χ1) is 9.19. The quantitative estimate of drug-likeness (QED) is 0.858. The topological polar surface area (TPSA) is 40.9 Å². The van der Waals surface area contributed by atoms with Crippen molar-refractivity contribution < 1.29 is 8.60 Å². The third-order valence-corrected chi connectivity index (χ3v) is 3.96. The lowest BCUT2D eigenvalue weighted by Crippen LogP contribution is -2.02. The van der Waals surface area contributed by atoms with Crippen LogP contribution in [-0.4, -0.2) is 4.21 Å². The summed E-state index contributed by atoms with van der Waals surface area (Å²) >= 11 is 0. The third kappa shape index (κ3) is 3.73. The molecule has 0 spiro atoms. The van der Waals surface area contributed by atoms with E-state index >= 15 is 0 Å². The molecule has 2 nitrogen and oxygen atoms in total. The van der Waals surface area contributed by atoms with Gasteiger partial charge in [-0.1, -0.05) is 30.3 Å². The molecular formula is C15H12FNOS. The zero-order valence-corrected chi connectivity index (χ0v) is 11.0. The first kappa shape index (κ1) is 13.4. The number of nitriles is 1. The van der Waals surface area contributed by atoms with Crippen LogP contribution in [0.5, 0.6) is 0 Å². The molecule has 0 aliphatic rings. The minimum absolute atomic E-state index is 0.190. The smallest absolute Gasteiger partial charge is 0.123 e. The Kier molecular flexibility index (Phi) is 4.43. The fourth-order valence-corrected chi connectivity index (χ4v) is 3.03. The summed E-state index contributed by atoms with van der Waals surface area (Å²) in [5, 5.41) is 8.94. The normalized spacial score (nSPS) is 11.8. The first-order valence-corrected chi connectivity index (χ1v) is 7.25. The Morgan fingerprint density at radius 1 is 1.11 bits per heavy atom. The van der Waals surface area contributed by atoms with Crippen molar-refractivity contribution in [1.29, 1.82) is 5.26 Å². The first-order valence-electron chi connectivity index (χ1n) is 5.76. The molecule has 19 heavy (non-hydrogen) atoms. The van der Waals surface area contributed by atoms with E-state index in [9.17, 15) is 8.60 Å². The largest absolute Gasteiger partial charge is 0.259 e. The van der Waals surface area contributed by atoms with E-state index in [2.05, 4.69) is 0 Å². The van der Waals surface area contributed by atoms with Gasteiger partial charge in [0.1, 0.15) is 5.82 Å². The van der Waals surface area contributed by atoms with Crippen molar-refractivity contribution in [3.63, 3.8) is 0 Å². The van der Waals surface area contributed by atoms with Crippen LogP contribution in [0.15, 0.2) is 48.5 Å². The van der Waals surface area contributed by atoms with Gasteiger partial charge in [-0.05, 0) is 29.3 Å². The van der Waals surface area contributed by atoms with Gasteiger partial charge in [0.05, 0.1) is 17.4 Å². The number of benzene rings is 2. The van der Waals surface area contributed by atoms with E-state index in [1.165, 1.54) is 18.2 Å². The van der Waals surface area contributed by atoms with Crippen LogP contribution in [-0.2, 0) is 22.3 Å². The van der Waals surface area contributed by atoms with Gasteiger partial charge in [-0.2, -0.15) is 5.26 Å². The molecule has 0 heterocycles. The predicted molar refractivity (Wildman–Crippen MR) is 73.1 cm³/mol. The summed E-state index contributed by atoms with van der Waals surface area (Å²) in [6.07, 6.45) is 0. The number of halogens is 1. The van der Waals surface area contributed by atoms with Gasteiger partial charge in [-0.25, -0.2) is 4.39 Å².